The van der Waals surface area contributed by atoms with Gasteiger partial charge in [-0.1, -0.05) is 24.3 Å². The summed E-state index contributed by atoms with van der Waals surface area (Å²) in [6, 6.07) is 14.7. The lowest BCUT2D eigenvalue weighted by Gasteiger charge is -2.26. The summed E-state index contributed by atoms with van der Waals surface area (Å²) in [5.41, 5.74) is 0.904. The van der Waals surface area contributed by atoms with Gasteiger partial charge in [0, 0.05) is 7.05 Å². The predicted octanol–water partition coefficient (Wildman–Crippen LogP) is 3.20. The van der Waals surface area contributed by atoms with E-state index in [-0.39, 0.29) is 25.2 Å². The molecule has 2 aromatic carbocycles. The second kappa shape index (κ2) is 8.08. The predicted molar refractivity (Wildman–Crippen MR) is 108 cm³/mol. The Morgan fingerprint density at radius 1 is 1.21 bits per heavy atom. The molecule has 0 unspecified atom stereocenters. The number of carbonyl (C=O) groups excluding carboxylic acids is 2. The van der Waals surface area contributed by atoms with Gasteiger partial charge in [0.05, 0.1) is 16.3 Å². The molecule has 0 spiro atoms. The molecule has 0 bridgehead atoms. The van der Waals surface area contributed by atoms with Gasteiger partial charge in [-0.05, 0) is 31.2 Å². The summed E-state index contributed by atoms with van der Waals surface area (Å²) >= 11 is 1.54. The highest BCUT2D eigenvalue weighted by molar-refractivity contribution is 7.18. The van der Waals surface area contributed by atoms with Gasteiger partial charge in [-0.2, -0.15) is 0 Å². The third-order valence-electron chi connectivity index (χ3n) is 4.75. The minimum Gasteiger partial charge on any atom is -0.485 e. The van der Waals surface area contributed by atoms with E-state index in [1.54, 1.807) is 36.6 Å². The quantitative estimate of drug-likeness (QED) is 0.599. The lowest BCUT2D eigenvalue weighted by molar-refractivity contribution is -0.160. The number of benzene rings is 2. The fourth-order valence-electron chi connectivity index (χ4n) is 2.91. The SMILES string of the molecule is C[C@H](c1nc2ccccc2s1)N(C)C(=O)COC(=O)[C@H]1COc2ccccc2O1. The van der Waals surface area contributed by atoms with E-state index in [4.69, 9.17) is 14.2 Å². The first-order valence-electron chi connectivity index (χ1n) is 9.19. The number of aromatic nitrogens is 1. The minimum atomic E-state index is -0.898. The van der Waals surface area contributed by atoms with Crippen molar-refractivity contribution in [3.05, 3.63) is 53.5 Å². The highest BCUT2D eigenvalue weighted by atomic mass is 32.1. The van der Waals surface area contributed by atoms with Crippen molar-refractivity contribution >= 4 is 33.4 Å². The molecule has 150 valence electrons. The molecule has 0 aliphatic carbocycles. The molecule has 0 saturated carbocycles. The first-order chi connectivity index (χ1) is 14.0. The van der Waals surface area contributed by atoms with E-state index in [2.05, 4.69) is 4.98 Å². The van der Waals surface area contributed by atoms with Crippen LogP contribution in [0, 0.1) is 0 Å². The minimum absolute atomic E-state index is 0.0436. The van der Waals surface area contributed by atoms with E-state index < -0.39 is 12.1 Å². The summed E-state index contributed by atoms with van der Waals surface area (Å²) < 4.78 is 17.4. The van der Waals surface area contributed by atoms with Gasteiger partial charge in [-0.3, -0.25) is 4.79 Å². The van der Waals surface area contributed by atoms with Crippen molar-refractivity contribution in [3.63, 3.8) is 0 Å². The van der Waals surface area contributed by atoms with Gasteiger partial charge in [0.1, 0.15) is 11.6 Å². The Hall–Kier alpha value is -3.13. The first kappa shape index (κ1) is 19.2. The Bertz CT molecular complexity index is 1020. The van der Waals surface area contributed by atoms with Gasteiger partial charge in [0.2, 0.25) is 6.10 Å². The molecule has 29 heavy (non-hydrogen) atoms. The normalized spacial score (nSPS) is 16.3. The molecule has 4 rings (SSSR count). The van der Waals surface area contributed by atoms with E-state index in [0.717, 1.165) is 15.2 Å². The largest absolute Gasteiger partial charge is 0.485 e. The molecule has 0 saturated heterocycles. The van der Waals surface area contributed by atoms with Crippen molar-refractivity contribution < 1.29 is 23.8 Å². The summed E-state index contributed by atoms with van der Waals surface area (Å²) in [5, 5.41) is 0.828. The van der Waals surface area contributed by atoms with Crippen molar-refractivity contribution in [2.24, 2.45) is 0 Å². The van der Waals surface area contributed by atoms with E-state index >= 15 is 0 Å². The Labute approximate surface area is 171 Å². The second-order valence-corrected chi connectivity index (χ2v) is 7.73. The molecular weight excluding hydrogens is 392 g/mol. The number of fused-ring (bicyclic) bond motifs is 2. The van der Waals surface area contributed by atoms with Crippen LogP contribution < -0.4 is 9.47 Å². The standard InChI is InChI=1S/C21H20N2O5S/c1-13(20-22-14-7-3-6-10-18(14)29-20)23(2)19(24)12-27-21(25)17-11-26-15-8-4-5-9-16(15)28-17/h3-10,13,17H,11-12H2,1-2H3/t13-,17-/m1/s1. The van der Waals surface area contributed by atoms with Crippen LogP contribution in [0.1, 0.15) is 18.0 Å². The topological polar surface area (TPSA) is 78.0 Å². The molecule has 0 radical (unpaired) electrons. The fourth-order valence-corrected chi connectivity index (χ4v) is 3.98. The molecule has 2 atom stereocenters. The van der Waals surface area contributed by atoms with Crippen LogP contribution in [0.3, 0.4) is 0 Å². The molecule has 0 fully saturated rings. The van der Waals surface area contributed by atoms with Gasteiger partial charge >= 0.3 is 5.97 Å². The van der Waals surface area contributed by atoms with Crippen LogP contribution in [0.5, 0.6) is 11.5 Å². The van der Waals surface area contributed by atoms with E-state index in [0.29, 0.717) is 11.5 Å². The number of hydrogen-bond donors (Lipinski definition) is 0. The zero-order chi connectivity index (χ0) is 20.4. The first-order valence-corrected chi connectivity index (χ1v) is 10.0. The number of thiazole rings is 1. The van der Waals surface area contributed by atoms with E-state index in [1.165, 1.54) is 4.90 Å². The maximum Gasteiger partial charge on any atom is 0.351 e. The molecule has 1 aliphatic rings. The highest BCUT2D eigenvalue weighted by Gasteiger charge is 2.30. The van der Waals surface area contributed by atoms with Gasteiger partial charge in [0.15, 0.2) is 18.1 Å². The number of rotatable bonds is 5. The zero-order valence-corrected chi connectivity index (χ0v) is 16.8. The number of esters is 1. The van der Waals surface area contributed by atoms with Crippen LogP contribution in [0.25, 0.3) is 10.2 Å². The Balaban J connectivity index is 1.33. The number of hydrogen-bond acceptors (Lipinski definition) is 7. The van der Waals surface area contributed by atoms with Crippen molar-refractivity contribution in [1.29, 1.82) is 0 Å². The van der Waals surface area contributed by atoms with Crippen molar-refractivity contribution in [1.82, 2.24) is 9.88 Å². The number of nitrogens with zero attached hydrogens (tertiary/aromatic N) is 2. The highest BCUT2D eigenvalue weighted by Crippen LogP contribution is 2.31. The van der Waals surface area contributed by atoms with Gasteiger partial charge in [-0.25, -0.2) is 9.78 Å². The molecule has 1 aromatic heterocycles. The van der Waals surface area contributed by atoms with Crippen molar-refractivity contribution in [3.8, 4) is 11.5 Å². The summed E-state index contributed by atoms with van der Waals surface area (Å²) in [4.78, 5) is 30.9. The Morgan fingerprint density at radius 2 is 1.93 bits per heavy atom. The lowest BCUT2D eigenvalue weighted by Crippen LogP contribution is -2.40. The Morgan fingerprint density at radius 3 is 2.72 bits per heavy atom. The molecule has 0 N–H and O–H groups in total. The molecule has 1 amide bonds. The van der Waals surface area contributed by atoms with Crippen LogP contribution in [-0.2, 0) is 14.3 Å². The van der Waals surface area contributed by atoms with Gasteiger partial charge < -0.3 is 19.1 Å². The van der Waals surface area contributed by atoms with Crippen LogP contribution in [0.4, 0.5) is 0 Å². The smallest absolute Gasteiger partial charge is 0.351 e. The van der Waals surface area contributed by atoms with Gasteiger partial charge in [0.25, 0.3) is 5.91 Å². The van der Waals surface area contributed by atoms with Crippen LogP contribution >= 0.6 is 11.3 Å². The van der Waals surface area contributed by atoms with Crippen LogP contribution in [0.2, 0.25) is 0 Å². The lowest BCUT2D eigenvalue weighted by atomic mass is 10.2. The van der Waals surface area contributed by atoms with Crippen molar-refractivity contribution in [2.75, 3.05) is 20.3 Å². The number of likely N-dealkylation sites (N-methyl/N-ethyl adjacent to an activating group) is 1. The average Bonchev–Trinajstić information content (AvgIpc) is 3.20. The molecule has 3 aromatic rings. The average molecular weight is 412 g/mol. The molecular formula is C21H20N2O5S. The van der Waals surface area contributed by atoms with Crippen LogP contribution in [0.15, 0.2) is 48.5 Å². The molecule has 1 aliphatic heterocycles. The maximum atomic E-state index is 12.5. The van der Waals surface area contributed by atoms with E-state index in [1.807, 2.05) is 37.3 Å². The zero-order valence-electron chi connectivity index (χ0n) is 16.0. The summed E-state index contributed by atoms with van der Waals surface area (Å²) in [6.07, 6.45) is -0.898. The summed E-state index contributed by atoms with van der Waals surface area (Å²) in [5.74, 6) is 0.113. The second-order valence-electron chi connectivity index (χ2n) is 6.67. The number of para-hydroxylation sites is 3. The summed E-state index contributed by atoms with van der Waals surface area (Å²) in [7, 11) is 1.67. The van der Waals surface area contributed by atoms with E-state index in [9.17, 15) is 9.59 Å². The maximum absolute atomic E-state index is 12.5. The molecule has 7 nitrogen and oxygen atoms in total. The molecule has 2 heterocycles. The molecule has 8 heteroatoms. The monoisotopic (exact) mass is 412 g/mol. The third kappa shape index (κ3) is 4.02. The number of carbonyl (C=O) groups is 2. The fraction of sp³-hybridized carbons (Fsp3) is 0.286. The summed E-state index contributed by atoms with van der Waals surface area (Å²) in [6.45, 7) is 1.57. The van der Waals surface area contributed by atoms with Crippen molar-refractivity contribution in [2.45, 2.75) is 19.1 Å². The number of amides is 1. The Kier molecular flexibility index (Phi) is 5.35. The third-order valence-corrected chi connectivity index (χ3v) is 5.96. The number of ether oxygens (including phenoxy) is 3. The van der Waals surface area contributed by atoms with Crippen LogP contribution in [-0.4, -0.2) is 48.1 Å². The van der Waals surface area contributed by atoms with Gasteiger partial charge in [-0.15, -0.1) is 11.3 Å².